The van der Waals surface area contributed by atoms with Crippen LogP contribution in [0.4, 0.5) is 4.39 Å². The average molecular weight is 335 g/mol. The molecule has 2 heterocycles. The van der Waals surface area contributed by atoms with Crippen LogP contribution in [0.3, 0.4) is 0 Å². The standard InChI is InChI=1S/C17H18FNO3S/c1-11-5-2-3-8-19(11)16(20)10-22-17(21)15-9-12-13(18)6-4-7-14(12)23-15/h4,6-7,9,11H,2-3,5,8,10H2,1H3/t11-/m0/s1. The van der Waals surface area contributed by atoms with Crippen molar-refractivity contribution in [1.82, 2.24) is 4.90 Å². The number of nitrogens with zero attached hydrogens (tertiary/aromatic N) is 1. The number of likely N-dealkylation sites (tertiary alicyclic amines) is 1. The lowest BCUT2D eigenvalue weighted by atomic mass is 10.0. The predicted octanol–water partition coefficient (Wildman–Crippen LogP) is 3.60. The number of carbonyl (C=O) groups excluding carboxylic acids is 2. The second-order valence-electron chi connectivity index (χ2n) is 5.77. The lowest BCUT2D eigenvalue weighted by Gasteiger charge is -2.33. The molecule has 0 aliphatic carbocycles. The van der Waals surface area contributed by atoms with Crippen LogP contribution >= 0.6 is 11.3 Å². The Morgan fingerprint density at radius 1 is 1.39 bits per heavy atom. The van der Waals surface area contributed by atoms with Crippen molar-refractivity contribution in [3.8, 4) is 0 Å². The molecule has 6 heteroatoms. The van der Waals surface area contributed by atoms with Gasteiger partial charge >= 0.3 is 5.97 Å². The molecule has 0 spiro atoms. The Morgan fingerprint density at radius 3 is 2.96 bits per heavy atom. The summed E-state index contributed by atoms with van der Waals surface area (Å²) in [5.74, 6) is -1.11. The average Bonchev–Trinajstić information content (AvgIpc) is 2.98. The summed E-state index contributed by atoms with van der Waals surface area (Å²) >= 11 is 1.17. The van der Waals surface area contributed by atoms with Crippen LogP contribution in [0.1, 0.15) is 35.9 Å². The molecule has 1 aliphatic rings. The molecule has 1 atom stereocenters. The van der Waals surface area contributed by atoms with Gasteiger partial charge in [-0.05, 0) is 44.4 Å². The molecular formula is C17H18FNO3S. The molecular weight excluding hydrogens is 317 g/mol. The van der Waals surface area contributed by atoms with Gasteiger partial charge in [-0.3, -0.25) is 4.79 Å². The Kier molecular flexibility index (Phi) is 4.61. The highest BCUT2D eigenvalue weighted by Gasteiger charge is 2.24. The maximum absolute atomic E-state index is 13.7. The van der Waals surface area contributed by atoms with Crippen LogP contribution < -0.4 is 0 Å². The largest absolute Gasteiger partial charge is 0.451 e. The fourth-order valence-corrected chi connectivity index (χ4v) is 3.84. The zero-order valence-corrected chi connectivity index (χ0v) is 13.7. The second kappa shape index (κ2) is 6.66. The van der Waals surface area contributed by atoms with Crippen molar-refractivity contribution in [3.05, 3.63) is 35.0 Å². The molecule has 1 saturated heterocycles. The summed E-state index contributed by atoms with van der Waals surface area (Å²) in [5.41, 5.74) is 0. The van der Waals surface area contributed by atoms with Crippen LogP contribution in [0, 0.1) is 5.82 Å². The van der Waals surface area contributed by atoms with Crippen molar-refractivity contribution in [1.29, 1.82) is 0 Å². The van der Waals surface area contributed by atoms with Gasteiger partial charge in [0.05, 0.1) is 0 Å². The molecule has 0 N–H and O–H groups in total. The quantitative estimate of drug-likeness (QED) is 0.805. The number of piperidine rings is 1. The number of hydrogen-bond acceptors (Lipinski definition) is 4. The van der Waals surface area contributed by atoms with Gasteiger partial charge in [0.15, 0.2) is 6.61 Å². The number of halogens is 1. The van der Waals surface area contributed by atoms with Crippen LogP contribution in [0.25, 0.3) is 10.1 Å². The van der Waals surface area contributed by atoms with Crippen molar-refractivity contribution in [2.24, 2.45) is 0 Å². The van der Waals surface area contributed by atoms with Crippen molar-refractivity contribution in [3.63, 3.8) is 0 Å². The number of esters is 1. The smallest absolute Gasteiger partial charge is 0.348 e. The Morgan fingerprint density at radius 2 is 2.22 bits per heavy atom. The molecule has 0 bridgehead atoms. The van der Waals surface area contributed by atoms with Crippen molar-refractivity contribution < 1.29 is 18.7 Å². The van der Waals surface area contributed by atoms with E-state index in [0.29, 0.717) is 21.5 Å². The first-order chi connectivity index (χ1) is 11.1. The first-order valence-corrected chi connectivity index (χ1v) is 8.52. The molecule has 23 heavy (non-hydrogen) atoms. The topological polar surface area (TPSA) is 46.6 Å². The van der Waals surface area contributed by atoms with Gasteiger partial charge in [0.25, 0.3) is 5.91 Å². The Bertz CT molecular complexity index is 743. The first-order valence-electron chi connectivity index (χ1n) is 7.71. The summed E-state index contributed by atoms with van der Waals surface area (Å²) in [6.45, 7) is 2.46. The molecule has 1 aliphatic heterocycles. The van der Waals surface area contributed by atoms with Gasteiger partial charge in [0, 0.05) is 22.7 Å². The van der Waals surface area contributed by atoms with Crippen LogP contribution in [0.2, 0.25) is 0 Å². The minimum absolute atomic E-state index is 0.169. The maximum Gasteiger partial charge on any atom is 0.348 e. The molecule has 122 valence electrons. The number of ether oxygens (including phenoxy) is 1. The molecule has 2 aromatic rings. The van der Waals surface area contributed by atoms with E-state index >= 15 is 0 Å². The molecule has 1 aromatic heterocycles. The van der Waals surface area contributed by atoms with Crippen LogP contribution in [0.15, 0.2) is 24.3 Å². The summed E-state index contributed by atoms with van der Waals surface area (Å²) < 4.78 is 19.5. The molecule has 4 nitrogen and oxygen atoms in total. The monoisotopic (exact) mass is 335 g/mol. The van der Waals surface area contributed by atoms with Crippen LogP contribution in [-0.2, 0) is 9.53 Å². The molecule has 1 aromatic carbocycles. The summed E-state index contributed by atoms with van der Waals surface area (Å²) in [6.07, 6.45) is 3.09. The molecule has 0 saturated carbocycles. The van der Waals surface area contributed by atoms with E-state index in [1.807, 2.05) is 6.92 Å². The molecule has 1 fully saturated rings. The Labute approximate surface area is 137 Å². The van der Waals surface area contributed by atoms with E-state index in [4.69, 9.17) is 4.74 Å². The van der Waals surface area contributed by atoms with E-state index in [2.05, 4.69) is 0 Å². The minimum Gasteiger partial charge on any atom is -0.451 e. The number of thiophene rings is 1. The highest BCUT2D eigenvalue weighted by Crippen LogP contribution is 2.28. The highest BCUT2D eigenvalue weighted by molar-refractivity contribution is 7.20. The van der Waals surface area contributed by atoms with Gasteiger partial charge in [-0.25, -0.2) is 9.18 Å². The minimum atomic E-state index is -0.580. The Hall–Kier alpha value is -1.95. The number of carbonyl (C=O) groups is 2. The summed E-state index contributed by atoms with van der Waals surface area (Å²) in [5, 5.41) is 0.403. The third-order valence-electron chi connectivity index (χ3n) is 4.16. The predicted molar refractivity (Wildman–Crippen MR) is 87.1 cm³/mol. The SMILES string of the molecule is C[C@H]1CCCCN1C(=O)COC(=O)c1cc2c(F)cccc2s1. The van der Waals surface area contributed by atoms with Gasteiger partial charge in [-0.1, -0.05) is 6.07 Å². The third kappa shape index (κ3) is 3.37. The van der Waals surface area contributed by atoms with E-state index in [1.165, 1.54) is 23.5 Å². The Balaban J connectivity index is 1.64. The van der Waals surface area contributed by atoms with Crippen molar-refractivity contribution >= 4 is 33.3 Å². The van der Waals surface area contributed by atoms with E-state index < -0.39 is 5.97 Å². The maximum atomic E-state index is 13.7. The van der Waals surface area contributed by atoms with E-state index in [1.54, 1.807) is 17.0 Å². The van der Waals surface area contributed by atoms with Gasteiger partial charge in [-0.15, -0.1) is 11.3 Å². The summed E-state index contributed by atoms with van der Waals surface area (Å²) in [7, 11) is 0. The van der Waals surface area contributed by atoms with Gasteiger partial charge in [0.2, 0.25) is 0 Å². The summed E-state index contributed by atoms with van der Waals surface area (Å²) in [6, 6.07) is 6.37. The molecule has 0 unspecified atom stereocenters. The molecule has 0 radical (unpaired) electrons. The first kappa shape index (κ1) is 15.9. The number of rotatable bonds is 3. The van der Waals surface area contributed by atoms with Crippen molar-refractivity contribution in [2.45, 2.75) is 32.2 Å². The van der Waals surface area contributed by atoms with E-state index in [9.17, 15) is 14.0 Å². The molecule has 3 rings (SSSR count). The number of benzene rings is 1. The number of hydrogen-bond donors (Lipinski definition) is 0. The van der Waals surface area contributed by atoms with Gasteiger partial charge in [0.1, 0.15) is 10.7 Å². The summed E-state index contributed by atoms with van der Waals surface area (Å²) in [4.78, 5) is 26.3. The number of amides is 1. The second-order valence-corrected chi connectivity index (χ2v) is 6.85. The van der Waals surface area contributed by atoms with E-state index in [-0.39, 0.29) is 24.4 Å². The molecule has 1 amide bonds. The van der Waals surface area contributed by atoms with Crippen LogP contribution in [0.5, 0.6) is 0 Å². The fourth-order valence-electron chi connectivity index (χ4n) is 2.88. The normalized spacial score (nSPS) is 18.2. The van der Waals surface area contributed by atoms with E-state index in [0.717, 1.165) is 19.3 Å². The lowest BCUT2D eigenvalue weighted by Crippen LogP contribution is -2.44. The van der Waals surface area contributed by atoms with Gasteiger partial charge in [-0.2, -0.15) is 0 Å². The fraction of sp³-hybridized carbons (Fsp3) is 0.412. The lowest BCUT2D eigenvalue weighted by molar-refractivity contribution is -0.137. The zero-order valence-electron chi connectivity index (χ0n) is 12.9. The highest BCUT2D eigenvalue weighted by atomic mass is 32.1. The van der Waals surface area contributed by atoms with Crippen LogP contribution in [-0.4, -0.2) is 36.0 Å². The number of fused-ring (bicyclic) bond motifs is 1. The van der Waals surface area contributed by atoms with Gasteiger partial charge < -0.3 is 9.64 Å². The zero-order chi connectivity index (χ0) is 16.4. The third-order valence-corrected chi connectivity index (χ3v) is 5.24. The van der Waals surface area contributed by atoms with Crippen molar-refractivity contribution in [2.75, 3.05) is 13.2 Å².